The van der Waals surface area contributed by atoms with Gasteiger partial charge in [-0.2, -0.15) is 0 Å². The number of hydrogen-bond acceptors (Lipinski definition) is 6. The van der Waals surface area contributed by atoms with Crippen molar-refractivity contribution in [2.24, 2.45) is 0 Å². The standard InChI is InChI=1S/C19H25N5O4/c1-27-10-8-20-18(25)17-13-23(22-21-17)12-15-6-4-9-24(15)19(26)14-5-3-7-16(11-14)28-2/h3,5,7,11,13,15H,4,6,8-10,12H2,1-2H3,(H,20,25)/t15-/m0/s1. The van der Waals surface area contributed by atoms with Gasteiger partial charge in [-0.3, -0.25) is 9.59 Å². The summed E-state index contributed by atoms with van der Waals surface area (Å²) < 4.78 is 11.7. The fraction of sp³-hybridized carbons (Fsp3) is 0.474. The number of amides is 2. The van der Waals surface area contributed by atoms with Gasteiger partial charge in [-0.1, -0.05) is 11.3 Å². The van der Waals surface area contributed by atoms with Crippen LogP contribution in [0.25, 0.3) is 0 Å². The normalized spacial score (nSPS) is 16.2. The third-order valence-corrected chi connectivity index (χ3v) is 4.72. The van der Waals surface area contributed by atoms with E-state index in [1.54, 1.807) is 37.2 Å². The minimum absolute atomic E-state index is 0.00445. The van der Waals surface area contributed by atoms with Crippen molar-refractivity contribution in [3.63, 3.8) is 0 Å². The summed E-state index contributed by atoms with van der Waals surface area (Å²) in [5.74, 6) is 0.333. The lowest BCUT2D eigenvalue weighted by Crippen LogP contribution is -2.38. The third-order valence-electron chi connectivity index (χ3n) is 4.72. The van der Waals surface area contributed by atoms with Crippen LogP contribution in [0, 0.1) is 0 Å². The molecule has 0 unspecified atom stereocenters. The number of likely N-dealkylation sites (tertiary alicyclic amines) is 1. The molecule has 9 nitrogen and oxygen atoms in total. The van der Waals surface area contributed by atoms with Gasteiger partial charge in [-0.05, 0) is 31.0 Å². The summed E-state index contributed by atoms with van der Waals surface area (Å²) in [6.45, 7) is 2.03. The molecule has 3 rings (SSSR count). The molecule has 0 saturated carbocycles. The summed E-state index contributed by atoms with van der Waals surface area (Å²) in [5.41, 5.74) is 0.850. The van der Waals surface area contributed by atoms with Crippen LogP contribution in [-0.4, -0.2) is 71.7 Å². The molecule has 1 saturated heterocycles. The number of aromatic nitrogens is 3. The SMILES string of the molecule is COCCNC(=O)c1cn(C[C@@H]2CCCN2C(=O)c2cccc(OC)c2)nn1. The van der Waals surface area contributed by atoms with Gasteiger partial charge in [0.05, 0.1) is 32.5 Å². The second-order valence-corrected chi connectivity index (χ2v) is 6.60. The maximum absolute atomic E-state index is 12.9. The van der Waals surface area contributed by atoms with E-state index in [0.717, 1.165) is 12.8 Å². The van der Waals surface area contributed by atoms with E-state index >= 15 is 0 Å². The predicted molar refractivity (Wildman–Crippen MR) is 101 cm³/mol. The van der Waals surface area contributed by atoms with Gasteiger partial charge in [0.1, 0.15) is 5.75 Å². The Balaban J connectivity index is 1.64. The first kappa shape index (κ1) is 19.8. The lowest BCUT2D eigenvalue weighted by molar-refractivity contribution is 0.0720. The first-order valence-electron chi connectivity index (χ1n) is 9.24. The molecule has 28 heavy (non-hydrogen) atoms. The molecule has 1 atom stereocenters. The van der Waals surface area contributed by atoms with Crippen LogP contribution in [-0.2, 0) is 11.3 Å². The number of carbonyl (C=O) groups excluding carboxylic acids is 2. The Bertz CT molecular complexity index is 822. The number of ether oxygens (including phenoxy) is 2. The van der Waals surface area contributed by atoms with Gasteiger partial charge in [0.25, 0.3) is 11.8 Å². The first-order valence-corrected chi connectivity index (χ1v) is 9.24. The zero-order valence-electron chi connectivity index (χ0n) is 16.1. The van der Waals surface area contributed by atoms with Crippen molar-refractivity contribution in [2.75, 3.05) is 33.9 Å². The van der Waals surface area contributed by atoms with Gasteiger partial charge in [0.15, 0.2) is 5.69 Å². The molecule has 1 N–H and O–H groups in total. The number of nitrogens with one attached hydrogen (secondary N) is 1. The van der Waals surface area contributed by atoms with Gasteiger partial charge in [0.2, 0.25) is 0 Å². The number of methoxy groups -OCH3 is 2. The van der Waals surface area contributed by atoms with E-state index in [-0.39, 0.29) is 23.6 Å². The van der Waals surface area contributed by atoms with E-state index < -0.39 is 0 Å². The average Bonchev–Trinajstić information content (AvgIpc) is 3.37. The van der Waals surface area contributed by atoms with E-state index in [9.17, 15) is 9.59 Å². The molecular weight excluding hydrogens is 362 g/mol. The van der Waals surface area contributed by atoms with E-state index in [1.807, 2.05) is 17.0 Å². The largest absolute Gasteiger partial charge is 0.497 e. The van der Waals surface area contributed by atoms with Crippen molar-refractivity contribution >= 4 is 11.8 Å². The third kappa shape index (κ3) is 4.66. The van der Waals surface area contributed by atoms with Crippen LogP contribution in [0.5, 0.6) is 5.75 Å². The molecule has 2 amide bonds. The molecule has 1 aliphatic rings. The maximum Gasteiger partial charge on any atom is 0.273 e. The quantitative estimate of drug-likeness (QED) is 0.678. The predicted octanol–water partition coefficient (Wildman–Crippen LogP) is 0.968. The summed E-state index contributed by atoms with van der Waals surface area (Å²) in [4.78, 5) is 26.8. The van der Waals surface area contributed by atoms with Crippen LogP contribution in [0.4, 0.5) is 0 Å². The molecule has 0 spiro atoms. The van der Waals surface area contributed by atoms with Gasteiger partial charge in [0, 0.05) is 25.8 Å². The Hall–Kier alpha value is -2.94. The van der Waals surface area contributed by atoms with Gasteiger partial charge in [-0.15, -0.1) is 5.10 Å². The van der Waals surface area contributed by atoms with Crippen molar-refractivity contribution in [1.29, 1.82) is 0 Å². The number of carbonyl (C=O) groups is 2. The highest BCUT2D eigenvalue weighted by molar-refractivity contribution is 5.95. The molecule has 1 fully saturated rings. The zero-order valence-corrected chi connectivity index (χ0v) is 16.1. The van der Waals surface area contributed by atoms with Crippen molar-refractivity contribution in [3.8, 4) is 5.75 Å². The highest BCUT2D eigenvalue weighted by Gasteiger charge is 2.30. The molecule has 150 valence electrons. The molecule has 0 bridgehead atoms. The van der Waals surface area contributed by atoms with Gasteiger partial charge >= 0.3 is 0 Å². The van der Waals surface area contributed by atoms with Crippen LogP contribution in [0.15, 0.2) is 30.5 Å². The summed E-state index contributed by atoms with van der Waals surface area (Å²) in [7, 11) is 3.15. The molecule has 1 aromatic heterocycles. The average molecular weight is 387 g/mol. The summed E-state index contributed by atoms with van der Waals surface area (Å²) in [6.07, 6.45) is 3.42. The van der Waals surface area contributed by atoms with Crippen molar-refractivity contribution in [3.05, 3.63) is 41.7 Å². The van der Waals surface area contributed by atoms with Gasteiger partial charge in [-0.25, -0.2) is 4.68 Å². The topological polar surface area (TPSA) is 98.6 Å². The fourth-order valence-corrected chi connectivity index (χ4v) is 3.28. The second kappa shape index (κ2) is 9.32. The van der Waals surface area contributed by atoms with Gasteiger partial charge < -0.3 is 19.7 Å². The Morgan fingerprint density at radius 1 is 1.32 bits per heavy atom. The number of nitrogens with zero attached hydrogens (tertiary/aromatic N) is 4. The van der Waals surface area contributed by atoms with E-state index in [2.05, 4.69) is 15.6 Å². The minimum Gasteiger partial charge on any atom is -0.497 e. The zero-order chi connectivity index (χ0) is 19.9. The molecule has 0 radical (unpaired) electrons. The monoisotopic (exact) mass is 387 g/mol. The second-order valence-electron chi connectivity index (χ2n) is 6.60. The highest BCUT2D eigenvalue weighted by Crippen LogP contribution is 2.23. The van der Waals surface area contributed by atoms with E-state index in [4.69, 9.17) is 9.47 Å². The smallest absolute Gasteiger partial charge is 0.273 e. The number of benzene rings is 1. The van der Waals surface area contributed by atoms with E-state index in [1.165, 1.54) is 0 Å². The lowest BCUT2D eigenvalue weighted by atomic mass is 10.1. The van der Waals surface area contributed by atoms with Crippen LogP contribution in [0.3, 0.4) is 0 Å². The maximum atomic E-state index is 12.9. The van der Waals surface area contributed by atoms with Crippen molar-refractivity contribution in [1.82, 2.24) is 25.2 Å². The van der Waals surface area contributed by atoms with Crippen LogP contribution in [0.1, 0.15) is 33.7 Å². The molecule has 1 aromatic carbocycles. The molecule has 0 aliphatic carbocycles. The Labute approximate surface area is 163 Å². The summed E-state index contributed by atoms with van der Waals surface area (Å²) in [6, 6.07) is 7.16. The lowest BCUT2D eigenvalue weighted by Gasteiger charge is -2.24. The minimum atomic E-state index is -0.293. The molecular formula is C19H25N5O4. The Morgan fingerprint density at radius 2 is 2.18 bits per heavy atom. The summed E-state index contributed by atoms with van der Waals surface area (Å²) in [5, 5.41) is 10.7. The van der Waals surface area contributed by atoms with Crippen LogP contribution in [0.2, 0.25) is 0 Å². The highest BCUT2D eigenvalue weighted by atomic mass is 16.5. The first-order chi connectivity index (χ1) is 13.6. The molecule has 1 aliphatic heterocycles. The fourth-order valence-electron chi connectivity index (χ4n) is 3.28. The van der Waals surface area contributed by atoms with Crippen molar-refractivity contribution < 1.29 is 19.1 Å². The number of rotatable bonds is 8. The molecule has 9 heteroatoms. The van der Waals surface area contributed by atoms with E-state index in [0.29, 0.717) is 37.6 Å². The van der Waals surface area contributed by atoms with Crippen molar-refractivity contribution in [2.45, 2.75) is 25.4 Å². The van der Waals surface area contributed by atoms with Crippen LogP contribution < -0.4 is 10.1 Å². The summed E-state index contributed by atoms with van der Waals surface area (Å²) >= 11 is 0. The Kier molecular flexibility index (Phi) is 6.59. The molecule has 2 heterocycles. The number of hydrogen-bond donors (Lipinski definition) is 1. The van der Waals surface area contributed by atoms with Crippen LogP contribution >= 0.6 is 0 Å². The Morgan fingerprint density at radius 3 is 2.96 bits per heavy atom. The molecule has 2 aromatic rings.